The van der Waals surface area contributed by atoms with Gasteiger partial charge in [-0.25, -0.2) is 4.79 Å². The molecular weight excluding hydrogens is 218 g/mol. The largest absolute Gasteiger partial charge is 0.465 e. The summed E-state index contributed by atoms with van der Waals surface area (Å²) in [5, 5.41) is 17.9. The lowest BCUT2D eigenvalue weighted by Crippen LogP contribution is -2.48. The van der Waals surface area contributed by atoms with Crippen molar-refractivity contribution in [1.29, 1.82) is 5.26 Å². The summed E-state index contributed by atoms with van der Waals surface area (Å²) in [6.07, 6.45) is -0.877. The Balaban J connectivity index is 2.11. The zero-order chi connectivity index (χ0) is 12.3. The van der Waals surface area contributed by atoms with Crippen LogP contribution in [0.15, 0.2) is 24.3 Å². The molecule has 1 aromatic rings. The molecule has 0 bridgehead atoms. The van der Waals surface area contributed by atoms with Gasteiger partial charge >= 0.3 is 6.09 Å². The zero-order valence-electron chi connectivity index (χ0n) is 9.33. The quantitative estimate of drug-likeness (QED) is 0.792. The number of rotatable bonds is 1. The second kappa shape index (κ2) is 4.74. The van der Waals surface area contributed by atoms with E-state index in [1.807, 2.05) is 18.2 Å². The topological polar surface area (TPSA) is 67.6 Å². The fourth-order valence-corrected chi connectivity index (χ4v) is 1.98. The number of piperazine rings is 1. The number of para-hydroxylation sites is 1. The minimum absolute atomic E-state index is 0.481. The smallest absolute Gasteiger partial charge is 0.407 e. The van der Waals surface area contributed by atoms with Crippen LogP contribution in [0, 0.1) is 11.3 Å². The van der Waals surface area contributed by atoms with Crippen LogP contribution in [0.3, 0.4) is 0 Å². The number of carboxylic acid groups (broad SMARTS) is 1. The molecule has 1 amide bonds. The lowest BCUT2D eigenvalue weighted by atomic mass is 10.1. The first kappa shape index (κ1) is 11.3. The van der Waals surface area contributed by atoms with Crippen LogP contribution < -0.4 is 4.90 Å². The highest BCUT2D eigenvalue weighted by atomic mass is 16.4. The van der Waals surface area contributed by atoms with Crippen LogP contribution in [0.5, 0.6) is 0 Å². The van der Waals surface area contributed by atoms with Crippen LogP contribution in [0.25, 0.3) is 0 Å². The molecule has 1 saturated heterocycles. The molecule has 0 radical (unpaired) electrons. The third-order valence-electron chi connectivity index (χ3n) is 2.92. The predicted molar refractivity (Wildman–Crippen MR) is 63.0 cm³/mol. The van der Waals surface area contributed by atoms with Crippen molar-refractivity contribution < 1.29 is 9.90 Å². The molecule has 1 aromatic carbocycles. The number of anilines is 1. The van der Waals surface area contributed by atoms with E-state index in [1.165, 1.54) is 4.90 Å². The molecule has 1 N–H and O–H groups in total. The van der Waals surface area contributed by atoms with Gasteiger partial charge in [-0.3, -0.25) is 0 Å². The minimum Gasteiger partial charge on any atom is -0.465 e. The first-order valence-electron chi connectivity index (χ1n) is 5.44. The number of amides is 1. The van der Waals surface area contributed by atoms with Crippen molar-refractivity contribution in [1.82, 2.24) is 4.90 Å². The molecule has 1 fully saturated rings. The Labute approximate surface area is 99.5 Å². The molecule has 1 heterocycles. The highest BCUT2D eigenvalue weighted by Crippen LogP contribution is 2.20. The Kier molecular flexibility index (Phi) is 3.15. The summed E-state index contributed by atoms with van der Waals surface area (Å²) in [5.74, 6) is 0. The number of benzene rings is 1. The normalized spacial score (nSPS) is 15.5. The molecular formula is C12H13N3O2. The van der Waals surface area contributed by atoms with Gasteiger partial charge in [0.05, 0.1) is 11.3 Å². The summed E-state index contributed by atoms with van der Waals surface area (Å²) in [4.78, 5) is 14.2. The molecule has 0 saturated carbocycles. The number of hydrogen-bond donors (Lipinski definition) is 1. The SMILES string of the molecule is N#Cc1ccccc1N1CCN(C(=O)O)CC1. The molecule has 17 heavy (non-hydrogen) atoms. The van der Waals surface area contributed by atoms with Gasteiger partial charge in [0.25, 0.3) is 0 Å². The monoisotopic (exact) mass is 231 g/mol. The molecule has 0 spiro atoms. The zero-order valence-corrected chi connectivity index (χ0v) is 9.33. The Bertz CT molecular complexity index is 459. The van der Waals surface area contributed by atoms with Crippen molar-refractivity contribution in [3.8, 4) is 6.07 Å². The Morgan fingerprint density at radius 1 is 1.24 bits per heavy atom. The standard InChI is InChI=1S/C12H13N3O2/c13-9-10-3-1-2-4-11(10)14-5-7-15(8-6-14)12(16)17/h1-4H,5-8H2,(H,16,17). The molecule has 5 nitrogen and oxygen atoms in total. The fourth-order valence-electron chi connectivity index (χ4n) is 1.98. The molecule has 2 rings (SSSR count). The van der Waals surface area contributed by atoms with Crippen LogP contribution in [-0.2, 0) is 0 Å². The Hall–Kier alpha value is -2.22. The van der Waals surface area contributed by atoms with E-state index in [1.54, 1.807) is 6.07 Å². The molecule has 0 unspecified atom stereocenters. The van der Waals surface area contributed by atoms with E-state index in [0.717, 1.165) is 5.69 Å². The van der Waals surface area contributed by atoms with E-state index in [4.69, 9.17) is 10.4 Å². The molecule has 0 aliphatic carbocycles. The summed E-state index contributed by atoms with van der Waals surface area (Å²) in [6, 6.07) is 9.55. The van der Waals surface area contributed by atoms with Gasteiger partial charge in [-0.15, -0.1) is 0 Å². The van der Waals surface area contributed by atoms with E-state index in [2.05, 4.69) is 11.0 Å². The third kappa shape index (κ3) is 2.31. The van der Waals surface area contributed by atoms with Crippen molar-refractivity contribution in [3.05, 3.63) is 29.8 Å². The molecule has 0 aromatic heterocycles. The van der Waals surface area contributed by atoms with Crippen molar-refractivity contribution in [2.24, 2.45) is 0 Å². The fraction of sp³-hybridized carbons (Fsp3) is 0.333. The van der Waals surface area contributed by atoms with Crippen molar-refractivity contribution in [2.45, 2.75) is 0 Å². The molecule has 5 heteroatoms. The molecule has 1 aliphatic rings. The number of hydrogen-bond acceptors (Lipinski definition) is 3. The maximum absolute atomic E-state index is 10.8. The molecule has 0 atom stereocenters. The second-order valence-corrected chi connectivity index (χ2v) is 3.89. The third-order valence-corrected chi connectivity index (χ3v) is 2.92. The van der Waals surface area contributed by atoms with Gasteiger partial charge in [-0.2, -0.15) is 5.26 Å². The summed E-state index contributed by atoms with van der Waals surface area (Å²) in [7, 11) is 0. The lowest BCUT2D eigenvalue weighted by molar-refractivity contribution is 0.142. The Morgan fingerprint density at radius 2 is 1.88 bits per heavy atom. The maximum Gasteiger partial charge on any atom is 0.407 e. The predicted octanol–water partition coefficient (Wildman–Crippen LogP) is 1.36. The second-order valence-electron chi connectivity index (χ2n) is 3.89. The van der Waals surface area contributed by atoms with Gasteiger partial charge in [0.2, 0.25) is 0 Å². The van der Waals surface area contributed by atoms with Gasteiger partial charge in [0, 0.05) is 26.2 Å². The average molecular weight is 231 g/mol. The van der Waals surface area contributed by atoms with Crippen molar-refractivity contribution in [2.75, 3.05) is 31.1 Å². The summed E-state index contributed by atoms with van der Waals surface area (Å²) < 4.78 is 0. The maximum atomic E-state index is 10.8. The highest BCUT2D eigenvalue weighted by Gasteiger charge is 2.21. The van der Waals surface area contributed by atoms with E-state index in [9.17, 15) is 4.79 Å². The van der Waals surface area contributed by atoms with E-state index < -0.39 is 6.09 Å². The van der Waals surface area contributed by atoms with E-state index in [0.29, 0.717) is 31.7 Å². The number of carbonyl (C=O) groups is 1. The van der Waals surface area contributed by atoms with E-state index in [-0.39, 0.29) is 0 Å². The first-order valence-corrected chi connectivity index (χ1v) is 5.44. The Morgan fingerprint density at radius 3 is 2.47 bits per heavy atom. The molecule has 88 valence electrons. The highest BCUT2D eigenvalue weighted by molar-refractivity contribution is 5.66. The summed E-state index contributed by atoms with van der Waals surface area (Å²) >= 11 is 0. The van der Waals surface area contributed by atoms with Crippen molar-refractivity contribution in [3.63, 3.8) is 0 Å². The van der Waals surface area contributed by atoms with Crippen LogP contribution >= 0.6 is 0 Å². The lowest BCUT2D eigenvalue weighted by Gasteiger charge is -2.34. The first-order chi connectivity index (χ1) is 8.22. The number of nitriles is 1. The van der Waals surface area contributed by atoms with Gasteiger partial charge in [0.15, 0.2) is 0 Å². The van der Waals surface area contributed by atoms with Gasteiger partial charge in [-0.05, 0) is 12.1 Å². The summed E-state index contributed by atoms with van der Waals surface area (Å²) in [6.45, 7) is 2.22. The van der Waals surface area contributed by atoms with Gasteiger partial charge in [0.1, 0.15) is 6.07 Å². The van der Waals surface area contributed by atoms with Crippen LogP contribution in [0.2, 0.25) is 0 Å². The van der Waals surface area contributed by atoms with Crippen LogP contribution in [0.4, 0.5) is 10.5 Å². The average Bonchev–Trinajstić information content (AvgIpc) is 2.39. The van der Waals surface area contributed by atoms with Gasteiger partial charge in [-0.1, -0.05) is 12.1 Å². The number of nitrogens with zero attached hydrogens (tertiary/aromatic N) is 3. The van der Waals surface area contributed by atoms with E-state index >= 15 is 0 Å². The van der Waals surface area contributed by atoms with Crippen molar-refractivity contribution >= 4 is 11.8 Å². The van der Waals surface area contributed by atoms with Crippen LogP contribution in [0.1, 0.15) is 5.56 Å². The van der Waals surface area contributed by atoms with Gasteiger partial charge < -0.3 is 14.9 Å². The molecule has 1 aliphatic heterocycles. The van der Waals surface area contributed by atoms with Crippen LogP contribution in [-0.4, -0.2) is 42.3 Å². The summed E-state index contributed by atoms with van der Waals surface area (Å²) in [5.41, 5.74) is 1.52. The minimum atomic E-state index is -0.877.